The molecule has 1 unspecified atom stereocenters. The number of hydrogen-bond acceptors (Lipinski definition) is 5. The predicted octanol–water partition coefficient (Wildman–Crippen LogP) is 3.80. The number of nitrogens with one attached hydrogen (secondary N) is 2. The number of anilines is 2. The summed E-state index contributed by atoms with van der Waals surface area (Å²) in [6.45, 7) is 4.32. The summed E-state index contributed by atoms with van der Waals surface area (Å²) < 4.78 is 11.0. The van der Waals surface area contributed by atoms with E-state index in [1.165, 1.54) is 0 Å². The molecule has 7 nitrogen and oxygen atoms in total. The second-order valence-electron chi connectivity index (χ2n) is 6.80. The Balaban J connectivity index is 1.51. The van der Waals surface area contributed by atoms with Crippen LogP contribution in [0.4, 0.5) is 11.4 Å². The Morgan fingerprint density at radius 1 is 1.14 bits per heavy atom. The van der Waals surface area contributed by atoms with Gasteiger partial charge in [-0.3, -0.25) is 14.4 Å². The van der Waals surface area contributed by atoms with Crippen LogP contribution in [0.5, 0.6) is 11.5 Å². The lowest BCUT2D eigenvalue weighted by molar-refractivity contribution is -0.122. The molecule has 0 aromatic heterocycles. The van der Waals surface area contributed by atoms with Crippen LogP contribution >= 0.6 is 0 Å². The second kappa shape index (κ2) is 9.23. The summed E-state index contributed by atoms with van der Waals surface area (Å²) in [7, 11) is 0. The van der Waals surface area contributed by atoms with Gasteiger partial charge in [0.15, 0.2) is 11.9 Å². The molecule has 0 spiro atoms. The van der Waals surface area contributed by atoms with Crippen LogP contribution in [-0.2, 0) is 9.59 Å². The molecule has 0 fully saturated rings. The monoisotopic (exact) mass is 396 g/mol. The van der Waals surface area contributed by atoms with E-state index >= 15 is 0 Å². The highest BCUT2D eigenvalue weighted by atomic mass is 16.5. The van der Waals surface area contributed by atoms with E-state index in [0.29, 0.717) is 29.3 Å². The Morgan fingerprint density at radius 3 is 2.62 bits per heavy atom. The second-order valence-corrected chi connectivity index (χ2v) is 6.80. The zero-order chi connectivity index (χ0) is 20.8. The van der Waals surface area contributed by atoms with Crippen LogP contribution in [0.15, 0.2) is 42.5 Å². The number of ether oxygens (including phenoxy) is 2. The van der Waals surface area contributed by atoms with Crippen molar-refractivity contribution in [2.75, 3.05) is 17.2 Å². The first-order valence-electron chi connectivity index (χ1n) is 9.63. The Bertz CT molecular complexity index is 908. The van der Waals surface area contributed by atoms with Crippen LogP contribution < -0.4 is 20.1 Å². The molecule has 3 rings (SSSR count). The largest absolute Gasteiger partial charge is 0.494 e. The molecular weight excluding hydrogens is 372 g/mol. The molecular formula is C22H24N2O5. The predicted molar refractivity (Wildman–Crippen MR) is 110 cm³/mol. The highest BCUT2D eigenvalue weighted by Gasteiger charge is 2.23. The Morgan fingerprint density at radius 2 is 1.90 bits per heavy atom. The fourth-order valence-electron chi connectivity index (χ4n) is 2.84. The maximum atomic E-state index is 12.3. The van der Waals surface area contributed by atoms with E-state index < -0.39 is 6.10 Å². The molecule has 2 aromatic carbocycles. The van der Waals surface area contributed by atoms with Gasteiger partial charge in [0.25, 0.3) is 5.91 Å². The van der Waals surface area contributed by atoms with Gasteiger partial charge < -0.3 is 20.1 Å². The van der Waals surface area contributed by atoms with Crippen LogP contribution in [-0.4, -0.2) is 30.3 Å². The molecule has 0 radical (unpaired) electrons. The third-order valence-electron chi connectivity index (χ3n) is 4.42. The van der Waals surface area contributed by atoms with Crippen LogP contribution in [0, 0.1) is 0 Å². The zero-order valence-electron chi connectivity index (χ0n) is 16.5. The van der Waals surface area contributed by atoms with Crippen LogP contribution in [0.3, 0.4) is 0 Å². The first-order valence-corrected chi connectivity index (χ1v) is 9.63. The van der Waals surface area contributed by atoms with Gasteiger partial charge in [-0.2, -0.15) is 0 Å². The van der Waals surface area contributed by atoms with Crippen LogP contribution in [0.1, 0.15) is 43.5 Å². The molecule has 0 aliphatic carbocycles. The highest BCUT2D eigenvalue weighted by Crippen LogP contribution is 2.32. The number of amides is 2. The molecule has 1 aliphatic heterocycles. The van der Waals surface area contributed by atoms with Gasteiger partial charge in [-0.15, -0.1) is 0 Å². The summed E-state index contributed by atoms with van der Waals surface area (Å²) in [4.78, 5) is 36.2. The van der Waals surface area contributed by atoms with Crippen molar-refractivity contribution in [3.8, 4) is 11.5 Å². The van der Waals surface area contributed by atoms with Gasteiger partial charge in [-0.05, 0) is 55.8 Å². The summed E-state index contributed by atoms with van der Waals surface area (Å²) >= 11 is 0. The lowest BCUT2D eigenvalue weighted by Crippen LogP contribution is -2.34. The summed E-state index contributed by atoms with van der Waals surface area (Å²) in [5.41, 5.74) is 1.58. The molecule has 2 N–H and O–H groups in total. The number of benzene rings is 2. The lowest BCUT2D eigenvalue weighted by atomic mass is 10.1. The van der Waals surface area contributed by atoms with Gasteiger partial charge in [0.1, 0.15) is 11.5 Å². The van der Waals surface area contributed by atoms with Gasteiger partial charge in [-0.25, -0.2) is 0 Å². The lowest BCUT2D eigenvalue weighted by Gasteiger charge is -2.23. The highest BCUT2D eigenvalue weighted by molar-refractivity contribution is 6.01. The van der Waals surface area contributed by atoms with E-state index in [4.69, 9.17) is 9.47 Å². The molecule has 152 valence electrons. The fourth-order valence-corrected chi connectivity index (χ4v) is 2.84. The zero-order valence-corrected chi connectivity index (χ0v) is 16.5. The van der Waals surface area contributed by atoms with E-state index in [-0.39, 0.29) is 30.4 Å². The number of fused-ring (bicyclic) bond motifs is 1. The van der Waals surface area contributed by atoms with Crippen molar-refractivity contribution in [2.24, 2.45) is 0 Å². The summed E-state index contributed by atoms with van der Waals surface area (Å²) in [6, 6.07) is 11.9. The van der Waals surface area contributed by atoms with Gasteiger partial charge in [0.05, 0.1) is 12.3 Å². The van der Waals surface area contributed by atoms with Crippen molar-refractivity contribution in [3.05, 3.63) is 48.0 Å². The molecule has 2 amide bonds. The summed E-state index contributed by atoms with van der Waals surface area (Å²) in [6.07, 6.45) is 0.521. The average Bonchev–Trinajstić information content (AvgIpc) is 2.72. The molecule has 29 heavy (non-hydrogen) atoms. The van der Waals surface area contributed by atoms with Crippen molar-refractivity contribution in [1.29, 1.82) is 0 Å². The molecule has 0 bridgehead atoms. The van der Waals surface area contributed by atoms with Crippen LogP contribution in [0.2, 0.25) is 0 Å². The molecule has 2 aromatic rings. The van der Waals surface area contributed by atoms with Crippen molar-refractivity contribution in [1.82, 2.24) is 0 Å². The Hall–Kier alpha value is -3.35. The Kier molecular flexibility index (Phi) is 6.49. The quantitative estimate of drug-likeness (QED) is 0.662. The van der Waals surface area contributed by atoms with Crippen molar-refractivity contribution in [3.63, 3.8) is 0 Å². The number of Topliss-reactive ketones (excluding diaryl/α,β-unsaturated/α-hetero) is 1. The Labute approximate surface area is 169 Å². The first kappa shape index (κ1) is 20.4. The fraction of sp³-hybridized carbons (Fsp3) is 0.318. The topological polar surface area (TPSA) is 93.7 Å². The minimum absolute atomic E-state index is 0.0594. The van der Waals surface area contributed by atoms with Crippen LogP contribution in [0.25, 0.3) is 0 Å². The maximum Gasteiger partial charge on any atom is 0.265 e. The van der Waals surface area contributed by atoms with Gasteiger partial charge in [-0.1, -0.05) is 6.92 Å². The van der Waals surface area contributed by atoms with E-state index in [1.807, 2.05) is 6.92 Å². The molecule has 1 aliphatic rings. The van der Waals surface area contributed by atoms with Gasteiger partial charge in [0, 0.05) is 24.1 Å². The normalized spacial score (nSPS) is 15.0. The van der Waals surface area contributed by atoms with Gasteiger partial charge in [0.2, 0.25) is 5.91 Å². The SMILES string of the molecule is CCCOc1ccc(C(=O)CCC(=O)Nc2ccc3c(c2)NC(=O)C(C)O3)cc1. The molecule has 1 heterocycles. The van der Waals surface area contributed by atoms with E-state index in [2.05, 4.69) is 10.6 Å². The molecule has 1 atom stereocenters. The smallest absolute Gasteiger partial charge is 0.265 e. The maximum absolute atomic E-state index is 12.3. The van der Waals surface area contributed by atoms with Crippen molar-refractivity contribution in [2.45, 2.75) is 39.2 Å². The van der Waals surface area contributed by atoms with E-state index in [9.17, 15) is 14.4 Å². The first-order chi connectivity index (χ1) is 14.0. The van der Waals surface area contributed by atoms with E-state index in [0.717, 1.165) is 12.2 Å². The van der Waals surface area contributed by atoms with E-state index in [1.54, 1.807) is 49.4 Å². The number of rotatable bonds is 8. The minimum atomic E-state index is -0.554. The number of ketones is 1. The molecule has 0 saturated carbocycles. The third kappa shape index (κ3) is 5.34. The summed E-state index contributed by atoms with van der Waals surface area (Å²) in [5, 5.41) is 5.47. The standard InChI is InChI=1S/C22H24N2O5/c1-3-12-28-17-7-4-15(5-8-17)19(25)9-11-21(26)23-16-6-10-20-18(13-16)24-22(27)14(2)29-20/h4-8,10,13-14H,3,9,11-12H2,1-2H3,(H,23,26)(H,24,27). The average molecular weight is 396 g/mol. The van der Waals surface area contributed by atoms with Gasteiger partial charge >= 0.3 is 0 Å². The number of carbonyl (C=O) groups excluding carboxylic acids is 3. The minimum Gasteiger partial charge on any atom is -0.494 e. The van der Waals surface area contributed by atoms with Crippen molar-refractivity contribution >= 4 is 29.0 Å². The third-order valence-corrected chi connectivity index (χ3v) is 4.42. The number of hydrogen-bond donors (Lipinski definition) is 2. The summed E-state index contributed by atoms with van der Waals surface area (Å²) in [5.74, 6) is 0.647. The molecule has 0 saturated heterocycles. The van der Waals surface area contributed by atoms with Crippen molar-refractivity contribution < 1.29 is 23.9 Å². The number of carbonyl (C=O) groups is 3. The molecule has 7 heteroatoms.